The highest BCUT2D eigenvalue weighted by atomic mass is 16.6. The predicted molar refractivity (Wildman–Crippen MR) is 103 cm³/mol. The first kappa shape index (κ1) is 22.4. The summed E-state index contributed by atoms with van der Waals surface area (Å²) >= 11 is 0. The van der Waals surface area contributed by atoms with Crippen molar-refractivity contribution in [1.82, 2.24) is 0 Å². The van der Waals surface area contributed by atoms with Crippen molar-refractivity contribution in [3.63, 3.8) is 0 Å². The Kier molecular flexibility index (Phi) is 7.50. The molecule has 0 bridgehead atoms. The summed E-state index contributed by atoms with van der Waals surface area (Å²) in [4.78, 5) is 47.2. The summed E-state index contributed by atoms with van der Waals surface area (Å²) in [6.45, 7) is 4.08. The van der Waals surface area contributed by atoms with Gasteiger partial charge in [-0.3, -0.25) is 20.2 Å². The second-order valence-electron chi connectivity index (χ2n) is 5.74. The minimum atomic E-state index is -0.882. The van der Waals surface area contributed by atoms with Crippen LogP contribution in [0.4, 0.5) is 11.6 Å². The summed E-state index contributed by atoms with van der Waals surface area (Å²) in [6.07, 6.45) is 0. The zero-order valence-electron chi connectivity index (χ0n) is 16.6. The van der Waals surface area contributed by atoms with E-state index in [1.807, 2.05) is 0 Å². The van der Waals surface area contributed by atoms with Gasteiger partial charge in [0, 0.05) is 6.07 Å². The van der Waals surface area contributed by atoms with Crippen molar-refractivity contribution in [2.45, 2.75) is 20.8 Å². The van der Waals surface area contributed by atoms with Crippen LogP contribution in [0.5, 0.6) is 5.75 Å². The normalized spacial score (nSPS) is 10.2. The molecular formula is C19H20N2O9. The largest absolute Gasteiger partial charge is 0.477 e. The standard InChI is InChI=1S/C19H20N2O9/c1-4-27-18(23)15-11(3)30-17(16(15)19(24)28-5-2)20-14(22)10-29-13-9-7-6-8-12(13)21(25)26/h6-9H,4-5,10H2,1-3H3,(H,20,22). The number of carbonyl (C=O) groups excluding carboxylic acids is 3. The van der Waals surface area contributed by atoms with E-state index >= 15 is 0 Å². The number of rotatable bonds is 9. The molecule has 0 radical (unpaired) electrons. The Morgan fingerprint density at radius 2 is 1.67 bits per heavy atom. The fourth-order valence-corrected chi connectivity index (χ4v) is 2.52. The zero-order valence-corrected chi connectivity index (χ0v) is 16.6. The molecule has 11 nitrogen and oxygen atoms in total. The fourth-order valence-electron chi connectivity index (χ4n) is 2.52. The second-order valence-corrected chi connectivity index (χ2v) is 5.74. The Bertz CT molecular complexity index is 965. The third-order valence-electron chi connectivity index (χ3n) is 3.72. The molecule has 1 N–H and O–H groups in total. The zero-order chi connectivity index (χ0) is 22.3. The topological polar surface area (TPSA) is 147 Å². The quantitative estimate of drug-likeness (QED) is 0.367. The lowest BCUT2D eigenvalue weighted by atomic mass is 10.1. The van der Waals surface area contributed by atoms with Gasteiger partial charge in [0.25, 0.3) is 5.91 Å². The molecule has 2 aromatic rings. The maximum absolute atomic E-state index is 12.3. The van der Waals surface area contributed by atoms with Gasteiger partial charge in [0.15, 0.2) is 12.4 Å². The molecule has 0 aliphatic heterocycles. The average Bonchev–Trinajstić information content (AvgIpc) is 3.02. The van der Waals surface area contributed by atoms with Crippen molar-refractivity contribution in [3.8, 4) is 5.75 Å². The summed E-state index contributed by atoms with van der Waals surface area (Å²) in [7, 11) is 0. The Morgan fingerprint density at radius 1 is 1.07 bits per heavy atom. The summed E-state index contributed by atoms with van der Waals surface area (Å²) in [5, 5.41) is 13.3. The van der Waals surface area contributed by atoms with E-state index in [-0.39, 0.29) is 47.4 Å². The number of nitrogens with one attached hydrogen (secondary N) is 1. The molecule has 0 fully saturated rings. The molecular weight excluding hydrogens is 400 g/mol. The monoisotopic (exact) mass is 420 g/mol. The number of nitro benzene ring substituents is 1. The number of benzene rings is 1. The maximum Gasteiger partial charge on any atom is 0.344 e. The Hall–Kier alpha value is -3.89. The maximum atomic E-state index is 12.3. The molecule has 0 aliphatic carbocycles. The molecule has 160 valence electrons. The molecule has 1 aromatic carbocycles. The van der Waals surface area contributed by atoms with E-state index in [0.29, 0.717) is 0 Å². The first-order valence-corrected chi connectivity index (χ1v) is 8.93. The number of para-hydroxylation sites is 2. The van der Waals surface area contributed by atoms with Gasteiger partial charge in [0.1, 0.15) is 16.9 Å². The van der Waals surface area contributed by atoms with Crippen molar-refractivity contribution < 1.29 is 37.9 Å². The molecule has 0 saturated carbocycles. The third kappa shape index (κ3) is 5.13. The predicted octanol–water partition coefficient (Wildman–Crippen LogP) is 2.87. The van der Waals surface area contributed by atoms with E-state index in [4.69, 9.17) is 18.6 Å². The molecule has 1 heterocycles. The molecule has 0 unspecified atom stereocenters. The van der Waals surface area contributed by atoms with Gasteiger partial charge >= 0.3 is 17.6 Å². The average molecular weight is 420 g/mol. The number of hydrogen-bond donors (Lipinski definition) is 1. The number of carbonyl (C=O) groups is 3. The van der Waals surface area contributed by atoms with Crippen molar-refractivity contribution in [2.24, 2.45) is 0 Å². The van der Waals surface area contributed by atoms with Crippen LogP contribution in [0.15, 0.2) is 28.7 Å². The van der Waals surface area contributed by atoms with Gasteiger partial charge in [0.2, 0.25) is 5.88 Å². The highest BCUT2D eigenvalue weighted by Crippen LogP contribution is 2.29. The van der Waals surface area contributed by atoms with Gasteiger partial charge in [0.05, 0.1) is 18.1 Å². The van der Waals surface area contributed by atoms with Crippen LogP contribution < -0.4 is 10.1 Å². The molecule has 1 amide bonds. The van der Waals surface area contributed by atoms with Crippen LogP contribution >= 0.6 is 0 Å². The molecule has 0 saturated heterocycles. The van der Waals surface area contributed by atoms with E-state index in [2.05, 4.69) is 5.32 Å². The summed E-state index contributed by atoms with van der Waals surface area (Å²) in [6, 6.07) is 5.54. The van der Waals surface area contributed by atoms with Crippen molar-refractivity contribution in [1.29, 1.82) is 0 Å². The van der Waals surface area contributed by atoms with Gasteiger partial charge in [-0.15, -0.1) is 0 Å². The molecule has 1 aromatic heterocycles. The van der Waals surface area contributed by atoms with Gasteiger partial charge < -0.3 is 18.6 Å². The number of nitrogens with zero attached hydrogens (tertiary/aromatic N) is 1. The van der Waals surface area contributed by atoms with Crippen LogP contribution in [-0.4, -0.2) is 42.6 Å². The molecule has 0 aliphatic rings. The summed E-state index contributed by atoms with van der Waals surface area (Å²) in [5.41, 5.74) is -0.756. The number of nitro groups is 1. The van der Waals surface area contributed by atoms with Crippen LogP contribution in [0.25, 0.3) is 0 Å². The fraction of sp³-hybridized carbons (Fsp3) is 0.316. The Balaban J connectivity index is 2.24. The van der Waals surface area contributed by atoms with Gasteiger partial charge in [-0.2, -0.15) is 0 Å². The Morgan fingerprint density at radius 3 is 2.27 bits per heavy atom. The van der Waals surface area contributed by atoms with Gasteiger partial charge in [-0.25, -0.2) is 9.59 Å². The Labute approximate surface area is 171 Å². The van der Waals surface area contributed by atoms with Gasteiger partial charge in [-0.1, -0.05) is 12.1 Å². The van der Waals surface area contributed by atoms with E-state index in [1.165, 1.54) is 31.2 Å². The summed E-state index contributed by atoms with van der Waals surface area (Å²) in [5.74, 6) is -2.84. The molecule has 0 spiro atoms. The first-order valence-electron chi connectivity index (χ1n) is 8.93. The lowest BCUT2D eigenvalue weighted by Crippen LogP contribution is -2.22. The smallest absolute Gasteiger partial charge is 0.344 e. The SMILES string of the molecule is CCOC(=O)c1c(C)oc(NC(=O)COc2ccccc2[N+](=O)[O-])c1C(=O)OCC. The number of hydrogen-bond acceptors (Lipinski definition) is 9. The van der Waals surface area contributed by atoms with E-state index in [9.17, 15) is 24.5 Å². The summed E-state index contributed by atoms with van der Waals surface area (Å²) < 4.78 is 20.4. The van der Waals surface area contributed by atoms with Crippen molar-refractivity contribution >= 4 is 29.4 Å². The van der Waals surface area contributed by atoms with E-state index in [0.717, 1.165) is 0 Å². The van der Waals surface area contributed by atoms with Crippen LogP contribution in [0.2, 0.25) is 0 Å². The highest BCUT2D eigenvalue weighted by Gasteiger charge is 2.31. The lowest BCUT2D eigenvalue weighted by molar-refractivity contribution is -0.385. The number of anilines is 1. The molecule has 11 heteroatoms. The van der Waals surface area contributed by atoms with Crippen molar-refractivity contribution in [2.75, 3.05) is 25.1 Å². The molecule has 30 heavy (non-hydrogen) atoms. The number of aryl methyl sites for hydroxylation is 1. The van der Waals surface area contributed by atoms with E-state index in [1.54, 1.807) is 13.8 Å². The molecule has 0 atom stereocenters. The minimum absolute atomic E-state index is 0.0273. The highest BCUT2D eigenvalue weighted by molar-refractivity contribution is 6.09. The number of furan rings is 1. The molecule has 2 rings (SSSR count). The minimum Gasteiger partial charge on any atom is -0.477 e. The first-order chi connectivity index (χ1) is 14.3. The number of ether oxygens (including phenoxy) is 3. The van der Waals surface area contributed by atoms with Crippen LogP contribution in [0.3, 0.4) is 0 Å². The van der Waals surface area contributed by atoms with Crippen LogP contribution in [-0.2, 0) is 14.3 Å². The van der Waals surface area contributed by atoms with Gasteiger partial charge in [-0.05, 0) is 26.8 Å². The third-order valence-corrected chi connectivity index (χ3v) is 3.72. The second kappa shape index (κ2) is 10.0. The van der Waals surface area contributed by atoms with Crippen molar-refractivity contribution in [3.05, 3.63) is 51.3 Å². The lowest BCUT2D eigenvalue weighted by Gasteiger charge is -2.08. The van der Waals surface area contributed by atoms with Crippen LogP contribution in [0, 0.1) is 17.0 Å². The number of amides is 1. The van der Waals surface area contributed by atoms with Crippen LogP contribution in [0.1, 0.15) is 40.3 Å². The number of esters is 2. The van der Waals surface area contributed by atoms with E-state index < -0.39 is 29.4 Å².